The number of ether oxygens (including phenoxy) is 1. The van der Waals surface area contributed by atoms with Gasteiger partial charge in [-0.3, -0.25) is 0 Å². The molecular formula is C14H14BrClN2O. The smallest absolute Gasteiger partial charge is 0.161 e. The Hall–Kier alpha value is -1.13. The highest BCUT2D eigenvalue weighted by Crippen LogP contribution is 2.28. The van der Waals surface area contributed by atoms with E-state index in [1.807, 2.05) is 38.1 Å². The van der Waals surface area contributed by atoms with Crippen molar-refractivity contribution in [1.29, 1.82) is 0 Å². The van der Waals surface area contributed by atoms with Gasteiger partial charge in [0.05, 0.1) is 16.8 Å². The van der Waals surface area contributed by atoms with Crippen LogP contribution in [0.25, 0.3) is 11.4 Å². The lowest BCUT2D eigenvalue weighted by atomic mass is 10.2. The Morgan fingerprint density at radius 1 is 1.16 bits per heavy atom. The molecule has 0 amide bonds. The minimum absolute atomic E-state index is 0.440. The van der Waals surface area contributed by atoms with Crippen LogP contribution in [0.1, 0.15) is 19.5 Å². The van der Waals surface area contributed by atoms with E-state index in [-0.39, 0.29) is 0 Å². The number of rotatable bonds is 4. The minimum Gasteiger partial charge on any atom is -0.494 e. The van der Waals surface area contributed by atoms with Gasteiger partial charge in [-0.1, -0.05) is 18.5 Å². The van der Waals surface area contributed by atoms with Crippen LogP contribution in [0.3, 0.4) is 0 Å². The summed E-state index contributed by atoms with van der Waals surface area (Å²) in [6.45, 7) is 4.64. The van der Waals surface area contributed by atoms with Gasteiger partial charge >= 0.3 is 0 Å². The van der Waals surface area contributed by atoms with E-state index in [0.717, 1.165) is 27.9 Å². The van der Waals surface area contributed by atoms with E-state index in [1.165, 1.54) is 0 Å². The Kier molecular flexibility index (Phi) is 4.77. The van der Waals surface area contributed by atoms with Gasteiger partial charge < -0.3 is 4.74 Å². The fraction of sp³-hybridized carbons (Fsp3) is 0.286. The van der Waals surface area contributed by atoms with E-state index < -0.39 is 0 Å². The predicted octanol–water partition coefficient (Wildman–Crippen LogP) is 4.52. The first kappa shape index (κ1) is 14.3. The van der Waals surface area contributed by atoms with Gasteiger partial charge in [-0.15, -0.1) is 0 Å². The SMILES string of the molecule is CCOc1ccc(-c2nc(Cl)c(Br)c(CC)n2)cc1. The zero-order valence-electron chi connectivity index (χ0n) is 10.8. The van der Waals surface area contributed by atoms with Gasteiger partial charge in [-0.2, -0.15) is 0 Å². The molecule has 2 rings (SSSR count). The van der Waals surface area contributed by atoms with Crippen LogP contribution in [-0.2, 0) is 6.42 Å². The summed E-state index contributed by atoms with van der Waals surface area (Å²) in [4.78, 5) is 8.81. The van der Waals surface area contributed by atoms with Crippen molar-refractivity contribution >= 4 is 27.5 Å². The van der Waals surface area contributed by atoms with E-state index in [9.17, 15) is 0 Å². The number of nitrogens with zero attached hydrogens (tertiary/aromatic N) is 2. The van der Waals surface area contributed by atoms with E-state index >= 15 is 0 Å². The number of hydrogen-bond donors (Lipinski definition) is 0. The molecule has 0 aliphatic rings. The highest BCUT2D eigenvalue weighted by Gasteiger charge is 2.10. The third-order valence-electron chi connectivity index (χ3n) is 2.64. The minimum atomic E-state index is 0.440. The molecule has 0 saturated carbocycles. The van der Waals surface area contributed by atoms with Gasteiger partial charge in [0.2, 0.25) is 0 Å². The van der Waals surface area contributed by atoms with Crippen LogP contribution in [0, 0.1) is 0 Å². The van der Waals surface area contributed by atoms with Crippen molar-refractivity contribution in [2.75, 3.05) is 6.61 Å². The van der Waals surface area contributed by atoms with Crippen LogP contribution in [-0.4, -0.2) is 16.6 Å². The van der Waals surface area contributed by atoms with Crippen molar-refractivity contribution in [3.63, 3.8) is 0 Å². The van der Waals surface area contributed by atoms with E-state index in [0.29, 0.717) is 17.6 Å². The summed E-state index contributed by atoms with van der Waals surface area (Å²) in [5.41, 5.74) is 1.83. The Bertz CT molecular complexity index is 572. The molecule has 1 aromatic heterocycles. The van der Waals surface area contributed by atoms with Gasteiger partial charge in [0.15, 0.2) is 5.82 Å². The third kappa shape index (κ3) is 3.25. The number of hydrogen-bond acceptors (Lipinski definition) is 3. The lowest BCUT2D eigenvalue weighted by molar-refractivity contribution is 0.340. The Morgan fingerprint density at radius 2 is 1.84 bits per heavy atom. The molecule has 5 heteroatoms. The molecular weight excluding hydrogens is 328 g/mol. The molecule has 0 fully saturated rings. The topological polar surface area (TPSA) is 35.0 Å². The number of benzene rings is 1. The lowest BCUT2D eigenvalue weighted by Crippen LogP contribution is -1.97. The summed E-state index contributed by atoms with van der Waals surface area (Å²) in [6.07, 6.45) is 0.798. The normalized spacial score (nSPS) is 10.5. The van der Waals surface area contributed by atoms with Crippen molar-refractivity contribution in [3.05, 3.63) is 39.6 Å². The van der Waals surface area contributed by atoms with Gasteiger partial charge in [-0.05, 0) is 53.5 Å². The van der Waals surface area contributed by atoms with Crippen LogP contribution in [0.2, 0.25) is 5.15 Å². The maximum absolute atomic E-state index is 6.11. The molecule has 3 nitrogen and oxygen atoms in total. The number of halogens is 2. The van der Waals surface area contributed by atoms with Gasteiger partial charge in [-0.25, -0.2) is 9.97 Å². The van der Waals surface area contributed by atoms with Crippen molar-refractivity contribution in [3.8, 4) is 17.1 Å². The Morgan fingerprint density at radius 3 is 2.42 bits per heavy atom. The van der Waals surface area contributed by atoms with Gasteiger partial charge in [0.1, 0.15) is 10.9 Å². The van der Waals surface area contributed by atoms with Crippen LogP contribution >= 0.6 is 27.5 Å². The molecule has 0 bridgehead atoms. The second-order valence-electron chi connectivity index (χ2n) is 3.91. The van der Waals surface area contributed by atoms with Crippen molar-refractivity contribution in [1.82, 2.24) is 9.97 Å². The number of aryl methyl sites for hydroxylation is 1. The van der Waals surface area contributed by atoms with Crippen LogP contribution in [0.4, 0.5) is 0 Å². The second kappa shape index (κ2) is 6.35. The fourth-order valence-electron chi connectivity index (χ4n) is 1.69. The van der Waals surface area contributed by atoms with Crippen molar-refractivity contribution < 1.29 is 4.74 Å². The summed E-state index contributed by atoms with van der Waals surface area (Å²) in [5, 5.41) is 0.440. The molecule has 0 atom stereocenters. The fourth-order valence-corrected chi connectivity index (χ4v) is 2.34. The van der Waals surface area contributed by atoms with Gasteiger partial charge in [0, 0.05) is 5.56 Å². The van der Waals surface area contributed by atoms with E-state index in [1.54, 1.807) is 0 Å². The molecule has 0 N–H and O–H groups in total. The molecule has 2 aromatic rings. The molecule has 100 valence electrons. The molecule has 1 heterocycles. The second-order valence-corrected chi connectivity index (χ2v) is 5.06. The summed E-state index contributed by atoms with van der Waals surface area (Å²) in [5.74, 6) is 1.47. The van der Waals surface area contributed by atoms with Crippen LogP contribution < -0.4 is 4.74 Å². The molecule has 19 heavy (non-hydrogen) atoms. The van der Waals surface area contributed by atoms with E-state index in [4.69, 9.17) is 16.3 Å². The molecule has 0 unspecified atom stereocenters. The maximum atomic E-state index is 6.11. The quantitative estimate of drug-likeness (QED) is 0.767. The third-order valence-corrected chi connectivity index (χ3v) is 3.97. The zero-order chi connectivity index (χ0) is 13.8. The molecule has 1 aromatic carbocycles. The summed E-state index contributed by atoms with van der Waals surface area (Å²) >= 11 is 9.51. The largest absolute Gasteiger partial charge is 0.494 e. The number of aromatic nitrogens is 2. The zero-order valence-corrected chi connectivity index (χ0v) is 13.1. The summed E-state index contributed by atoms with van der Waals surface area (Å²) in [7, 11) is 0. The van der Waals surface area contributed by atoms with Crippen LogP contribution in [0.5, 0.6) is 5.75 Å². The molecule has 0 radical (unpaired) electrons. The Labute approximate surface area is 126 Å². The first-order valence-electron chi connectivity index (χ1n) is 6.10. The van der Waals surface area contributed by atoms with Crippen molar-refractivity contribution in [2.45, 2.75) is 20.3 Å². The average molecular weight is 342 g/mol. The summed E-state index contributed by atoms with van der Waals surface area (Å²) < 4.78 is 6.18. The van der Waals surface area contributed by atoms with E-state index in [2.05, 4.69) is 25.9 Å². The first-order valence-corrected chi connectivity index (χ1v) is 7.28. The van der Waals surface area contributed by atoms with Crippen molar-refractivity contribution in [2.24, 2.45) is 0 Å². The maximum Gasteiger partial charge on any atom is 0.161 e. The lowest BCUT2D eigenvalue weighted by Gasteiger charge is -2.07. The molecule has 0 aliphatic heterocycles. The molecule has 0 saturated heterocycles. The van der Waals surface area contributed by atoms with Gasteiger partial charge in [0.25, 0.3) is 0 Å². The Balaban J connectivity index is 2.38. The predicted molar refractivity (Wildman–Crippen MR) is 80.7 cm³/mol. The summed E-state index contributed by atoms with van der Waals surface area (Å²) in [6, 6.07) is 7.68. The monoisotopic (exact) mass is 340 g/mol. The highest BCUT2D eigenvalue weighted by atomic mass is 79.9. The van der Waals surface area contributed by atoms with Crippen LogP contribution in [0.15, 0.2) is 28.7 Å². The average Bonchev–Trinajstić information content (AvgIpc) is 2.43. The molecule has 0 aliphatic carbocycles. The highest BCUT2D eigenvalue weighted by molar-refractivity contribution is 9.10. The standard InChI is InChI=1S/C14H14BrClN2O/c1-3-11-12(15)13(16)18-14(17-11)9-5-7-10(8-6-9)19-4-2/h5-8H,3-4H2,1-2H3. The molecule has 0 spiro atoms. The first-order chi connectivity index (χ1) is 9.15.